The second kappa shape index (κ2) is 16.5. The highest BCUT2D eigenvalue weighted by molar-refractivity contribution is 5.72. The molecule has 4 rings (SSSR count). The normalized spacial score (nSPS) is 17.5. The lowest BCUT2D eigenvalue weighted by molar-refractivity contribution is -0.0267. The zero-order valence-electron chi connectivity index (χ0n) is 29.7. The molecule has 0 spiro atoms. The fourth-order valence-electron chi connectivity index (χ4n) is 5.16. The first kappa shape index (κ1) is 36.4. The van der Waals surface area contributed by atoms with Crippen LogP contribution in [0.3, 0.4) is 0 Å². The van der Waals surface area contributed by atoms with Crippen molar-refractivity contribution in [1.29, 1.82) is 0 Å². The average Bonchev–Trinajstić information content (AvgIpc) is 2.98. The molecule has 46 heavy (non-hydrogen) atoms. The zero-order valence-corrected chi connectivity index (χ0v) is 29.7. The highest BCUT2D eigenvalue weighted by Crippen LogP contribution is 2.39. The number of aryl methyl sites for hydroxylation is 2. The van der Waals surface area contributed by atoms with Crippen LogP contribution in [-0.4, -0.2) is 46.2 Å². The van der Waals surface area contributed by atoms with E-state index in [4.69, 9.17) is 19.7 Å². The molecule has 8 heteroatoms. The number of nitrogens with one attached hydrogen (secondary N) is 1. The summed E-state index contributed by atoms with van der Waals surface area (Å²) in [7, 11) is 2.03. The molecule has 8 nitrogen and oxygen atoms in total. The molecule has 0 aliphatic heterocycles. The summed E-state index contributed by atoms with van der Waals surface area (Å²) in [6, 6.07) is 12.3. The van der Waals surface area contributed by atoms with Crippen molar-refractivity contribution in [3.8, 4) is 11.5 Å². The number of nitrogens with zero attached hydrogens (tertiary/aromatic N) is 5. The van der Waals surface area contributed by atoms with Gasteiger partial charge in [0.2, 0.25) is 5.95 Å². The molecule has 248 valence electrons. The maximum absolute atomic E-state index is 10.4. The van der Waals surface area contributed by atoms with Crippen LogP contribution in [0.15, 0.2) is 52.6 Å². The fraction of sp³-hybridized carbons (Fsp3) is 0.474. The molecule has 0 amide bonds. The lowest BCUT2D eigenvalue weighted by Crippen LogP contribution is -2.51. The number of ether oxygens (including phenoxy) is 1. The Morgan fingerprint density at radius 2 is 1.85 bits per heavy atom. The van der Waals surface area contributed by atoms with Gasteiger partial charge in [-0.3, -0.25) is 4.99 Å². The van der Waals surface area contributed by atoms with Gasteiger partial charge in [0, 0.05) is 48.7 Å². The first-order valence-electron chi connectivity index (χ1n) is 16.6. The molecule has 1 heterocycles. The Bertz CT molecular complexity index is 1630. The maximum atomic E-state index is 10.4. The Kier molecular flexibility index (Phi) is 13.1. The quantitative estimate of drug-likeness (QED) is 0.212. The van der Waals surface area contributed by atoms with Crippen LogP contribution in [0.5, 0.6) is 11.5 Å². The van der Waals surface area contributed by atoms with Gasteiger partial charge in [-0.25, -0.2) is 15.0 Å². The summed E-state index contributed by atoms with van der Waals surface area (Å²) in [6.45, 7) is 20.1. The molecule has 0 bridgehead atoms. The number of hydrogen-bond acceptors (Lipinski definition) is 8. The number of benzene rings is 2. The Morgan fingerprint density at radius 3 is 2.46 bits per heavy atom. The van der Waals surface area contributed by atoms with E-state index in [1.807, 2.05) is 91.3 Å². The third-order valence-electron chi connectivity index (χ3n) is 8.04. The van der Waals surface area contributed by atoms with Crippen LogP contribution < -0.4 is 25.5 Å². The summed E-state index contributed by atoms with van der Waals surface area (Å²) in [5.41, 5.74) is 3.21. The van der Waals surface area contributed by atoms with Crippen molar-refractivity contribution in [3.05, 3.63) is 64.3 Å². The smallest absolute Gasteiger partial charge is 0.225 e. The molecular formula is C38H54N6O2. The fourth-order valence-corrected chi connectivity index (χ4v) is 5.16. The Hall–Kier alpha value is -4.04. The third kappa shape index (κ3) is 9.49. The zero-order chi connectivity index (χ0) is 34.0. The number of hydrogen-bond donors (Lipinski definition) is 2. The van der Waals surface area contributed by atoms with E-state index < -0.39 is 5.60 Å². The van der Waals surface area contributed by atoms with Gasteiger partial charge < -0.3 is 20.1 Å². The van der Waals surface area contributed by atoms with E-state index in [1.165, 1.54) is 0 Å². The van der Waals surface area contributed by atoms with E-state index in [9.17, 15) is 5.11 Å². The summed E-state index contributed by atoms with van der Waals surface area (Å²) in [6.07, 6.45) is 10.4. The minimum absolute atomic E-state index is 0.275. The van der Waals surface area contributed by atoms with E-state index in [-0.39, 0.29) is 12.0 Å². The van der Waals surface area contributed by atoms with Gasteiger partial charge >= 0.3 is 0 Å². The number of anilines is 2. The van der Waals surface area contributed by atoms with E-state index in [0.717, 1.165) is 63.8 Å². The van der Waals surface area contributed by atoms with Crippen LogP contribution in [0.1, 0.15) is 85.8 Å². The van der Waals surface area contributed by atoms with Gasteiger partial charge in [-0.1, -0.05) is 46.8 Å². The van der Waals surface area contributed by atoms with E-state index in [2.05, 4.69) is 55.0 Å². The lowest BCUT2D eigenvalue weighted by atomic mass is 9.71. The molecule has 3 aromatic rings. The molecule has 2 aromatic carbocycles. The van der Waals surface area contributed by atoms with Crippen LogP contribution in [-0.2, 0) is 0 Å². The van der Waals surface area contributed by atoms with E-state index >= 15 is 0 Å². The van der Waals surface area contributed by atoms with Gasteiger partial charge in [0.05, 0.1) is 11.3 Å². The van der Waals surface area contributed by atoms with E-state index in [0.29, 0.717) is 17.7 Å². The lowest BCUT2D eigenvalue weighted by Gasteiger charge is -2.46. The molecule has 1 aliphatic carbocycles. The van der Waals surface area contributed by atoms with Gasteiger partial charge in [0.25, 0.3) is 0 Å². The van der Waals surface area contributed by atoms with Crippen molar-refractivity contribution in [2.24, 2.45) is 21.8 Å². The first-order chi connectivity index (χ1) is 21.9. The Morgan fingerprint density at radius 1 is 1.13 bits per heavy atom. The van der Waals surface area contributed by atoms with Gasteiger partial charge in [-0.2, -0.15) is 0 Å². The topological polar surface area (TPSA) is 95.2 Å². The monoisotopic (exact) mass is 626 g/mol. The Balaban J connectivity index is 0.00000282. The molecule has 0 atom stereocenters. The summed E-state index contributed by atoms with van der Waals surface area (Å²) >= 11 is 0. The standard InChI is InChI=1S/C36H48N6O2.C2H6/c1-10-12-26-22-39-35(42(9)29-18-27(19-29)36(7,8)43)41-33(26)34(37-11-2)40-28-14-16-32(25(6)17-28)44-30-15-13-24(5)31(20-30)38-21-23(3)4;1-2/h11-17,20-23,27,29,40,43H,10,18-19H2,1-9H3;1-2H3/b26-12+,34-33-,37-11-,38-21?;. The molecular weight excluding hydrogens is 572 g/mol. The van der Waals surface area contributed by atoms with Gasteiger partial charge in [-0.15, -0.1) is 0 Å². The van der Waals surface area contributed by atoms with Gasteiger partial charge in [-0.05, 0) is 101 Å². The molecule has 2 N–H and O–H groups in total. The van der Waals surface area contributed by atoms with Crippen molar-refractivity contribution in [1.82, 2.24) is 9.97 Å². The highest BCUT2D eigenvalue weighted by atomic mass is 16.5. The van der Waals surface area contributed by atoms with Crippen LogP contribution in [0, 0.1) is 25.7 Å². The van der Waals surface area contributed by atoms with Crippen molar-refractivity contribution in [2.75, 3.05) is 17.3 Å². The largest absolute Gasteiger partial charge is 0.457 e. The number of rotatable bonds is 11. The number of aliphatic hydroxyl groups is 1. The Labute approximate surface area is 276 Å². The van der Waals surface area contributed by atoms with E-state index in [1.54, 1.807) is 6.21 Å². The number of aliphatic imine (C=N–C) groups is 2. The summed E-state index contributed by atoms with van der Waals surface area (Å²) in [5, 5.41) is 15.6. The van der Waals surface area contributed by atoms with Crippen molar-refractivity contribution in [3.63, 3.8) is 0 Å². The third-order valence-corrected chi connectivity index (χ3v) is 8.04. The molecule has 0 saturated heterocycles. The van der Waals surface area contributed by atoms with Crippen LogP contribution >= 0.6 is 0 Å². The minimum atomic E-state index is -0.673. The SMILES string of the molecule is CC.C\C=N/C(Nc1ccc(Oc2ccc(C)c(N=CC(C)C)c2)c(C)c1)=c1/nc(N(C)C2CC(C(C)(C)O)C2)nc/c1=C\CC. The molecule has 1 saturated carbocycles. The van der Waals surface area contributed by atoms with Crippen LogP contribution in [0.25, 0.3) is 11.9 Å². The van der Waals surface area contributed by atoms with Gasteiger partial charge in [0.15, 0.2) is 5.82 Å². The summed E-state index contributed by atoms with van der Waals surface area (Å²) in [4.78, 5) is 21.2. The van der Waals surface area contributed by atoms with Gasteiger partial charge in [0.1, 0.15) is 16.8 Å². The molecule has 0 radical (unpaired) electrons. The molecule has 1 aliphatic rings. The predicted molar refractivity (Wildman–Crippen MR) is 195 cm³/mol. The molecule has 1 fully saturated rings. The minimum Gasteiger partial charge on any atom is -0.457 e. The average molecular weight is 627 g/mol. The maximum Gasteiger partial charge on any atom is 0.225 e. The summed E-state index contributed by atoms with van der Waals surface area (Å²) in [5.74, 6) is 3.46. The van der Waals surface area contributed by atoms with Crippen molar-refractivity contribution < 1.29 is 9.84 Å². The highest BCUT2D eigenvalue weighted by Gasteiger charge is 2.41. The second-order valence-electron chi connectivity index (χ2n) is 12.6. The van der Waals surface area contributed by atoms with Crippen LogP contribution in [0.4, 0.5) is 17.3 Å². The predicted octanol–water partition coefficient (Wildman–Crippen LogP) is 7.71. The molecule has 0 unspecified atom stereocenters. The molecule has 1 aromatic heterocycles. The second-order valence-corrected chi connectivity index (χ2v) is 12.6. The van der Waals surface area contributed by atoms with Crippen molar-refractivity contribution >= 4 is 41.6 Å². The number of aromatic nitrogens is 2. The first-order valence-corrected chi connectivity index (χ1v) is 16.6. The van der Waals surface area contributed by atoms with Crippen LogP contribution in [0.2, 0.25) is 0 Å². The summed E-state index contributed by atoms with van der Waals surface area (Å²) < 4.78 is 6.28. The van der Waals surface area contributed by atoms with Crippen molar-refractivity contribution in [2.45, 2.75) is 100 Å².